The van der Waals surface area contributed by atoms with Crippen LogP contribution in [0.4, 0.5) is 5.69 Å². The third kappa shape index (κ3) is 4.59. The number of benzene rings is 1. The summed E-state index contributed by atoms with van der Waals surface area (Å²) in [6, 6.07) is 11.5. The van der Waals surface area contributed by atoms with Crippen molar-refractivity contribution >= 4 is 21.6 Å². The van der Waals surface area contributed by atoms with E-state index in [1.165, 1.54) is 4.31 Å². The second-order valence-corrected chi connectivity index (χ2v) is 9.17. The number of hydrogen-bond acceptors (Lipinski definition) is 4. The number of nitrogens with zero attached hydrogens (tertiary/aromatic N) is 2. The average molecular weight is 391 g/mol. The number of rotatable bonds is 6. The number of amides is 1. The highest BCUT2D eigenvalue weighted by atomic mass is 32.2. The maximum Gasteiger partial charge on any atom is 0.230 e. The zero-order valence-corrected chi connectivity index (χ0v) is 16.6. The summed E-state index contributed by atoms with van der Waals surface area (Å²) < 4.78 is 31.0. The lowest BCUT2D eigenvalue weighted by Gasteiger charge is -2.33. The van der Waals surface area contributed by atoms with Gasteiger partial charge in [0.15, 0.2) is 0 Å². The molecular formula is C20H26N2O4S. The number of carbonyl (C=O) groups excluding carboxylic acids is 1. The Morgan fingerprint density at radius 2 is 1.85 bits per heavy atom. The van der Waals surface area contributed by atoms with Crippen LogP contribution >= 0.6 is 0 Å². The van der Waals surface area contributed by atoms with Crippen molar-refractivity contribution in [3.05, 3.63) is 54.0 Å². The molecule has 1 aromatic heterocycles. The van der Waals surface area contributed by atoms with Gasteiger partial charge in [-0.3, -0.25) is 4.79 Å². The number of piperidine rings is 1. The zero-order valence-electron chi connectivity index (χ0n) is 15.8. The molecule has 1 aromatic carbocycles. The van der Waals surface area contributed by atoms with Crippen molar-refractivity contribution in [3.63, 3.8) is 0 Å². The predicted octanol–water partition coefficient (Wildman–Crippen LogP) is 3.18. The first kappa shape index (κ1) is 19.6. The lowest BCUT2D eigenvalue weighted by Crippen LogP contribution is -2.44. The second kappa shape index (κ2) is 8.27. The molecule has 2 aromatic rings. The van der Waals surface area contributed by atoms with Crippen LogP contribution in [-0.4, -0.2) is 37.5 Å². The molecular weight excluding hydrogens is 364 g/mol. The fraction of sp³-hybridized carbons (Fsp3) is 0.450. The van der Waals surface area contributed by atoms with Crippen LogP contribution < -0.4 is 4.90 Å². The van der Waals surface area contributed by atoms with Crippen molar-refractivity contribution in [1.29, 1.82) is 0 Å². The van der Waals surface area contributed by atoms with E-state index in [-0.39, 0.29) is 17.6 Å². The van der Waals surface area contributed by atoms with E-state index in [1.807, 2.05) is 37.3 Å². The van der Waals surface area contributed by atoms with Gasteiger partial charge in [0.1, 0.15) is 5.76 Å². The van der Waals surface area contributed by atoms with E-state index >= 15 is 0 Å². The normalized spacial score (nSPS) is 16.4. The molecule has 0 aliphatic carbocycles. The topological polar surface area (TPSA) is 70.8 Å². The van der Waals surface area contributed by atoms with Crippen molar-refractivity contribution in [2.24, 2.45) is 5.92 Å². The SMILES string of the molecule is CCS(=O)(=O)N1CCC(C(=O)N(Cc2ccco2)c2ccc(C)cc2)CC1. The zero-order chi connectivity index (χ0) is 19.4. The summed E-state index contributed by atoms with van der Waals surface area (Å²) in [6.45, 7) is 4.81. The lowest BCUT2D eigenvalue weighted by molar-refractivity contribution is -0.123. The van der Waals surface area contributed by atoms with Crippen LogP contribution in [0.1, 0.15) is 31.1 Å². The van der Waals surface area contributed by atoms with E-state index in [2.05, 4.69) is 0 Å². The highest BCUT2D eigenvalue weighted by molar-refractivity contribution is 7.89. The molecule has 0 saturated carbocycles. The molecule has 0 atom stereocenters. The van der Waals surface area contributed by atoms with Crippen LogP contribution in [0.3, 0.4) is 0 Å². The van der Waals surface area contributed by atoms with Gasteiger partial charge in [0.25, 0.3) is 0 Å². The van der Waals surface area contributed by atoms with E-state index in [0.717, 1.165) is 17.0 Å². The lowest BCUT2D eigenvalue weighted by atomic mass is 9.96. The fourth-order valence-electron chi connectivity index (χ4n) is 3.36. The number of anilines is 1. The molecule has 27 heavy (non-hydrogen) atoms. The van der Waals surface area contributed by atoms with Crippen LogP contribution in [0.2, 0.25) is 0 Å². The Kier molecular flexibility index (Phi) is 6.01. The van der Waals surface area contributed by atoms with Gasteiger partial charge in [-0.25, -0.2) is 12.7 Å². The maximum atomic E-state index is 13.3. The summed E-state index contributed by atoms with van der Waals surface area (Å²) in [6.07, 6.45) is 2.68. The summed E-state index contributed by atoms with van der Waals surface area (Å²) in [5.74, 6) is 0.642. The van der Waals surface area contributed by atoms with Gasteiger partial charge in [0.2, 0.25) is 15.9 Å². The predicted molar refractivity (Wildman–Crippen MR) is 105 cm³/mol. The van der Waals surface area contributed by atoms with Gasteiger partial charge in [0, 0.05) is 24.7 Å². The molecule has 0 N–H and O–H groups in total. The molecule has 1 amide bonds. The number of furan rings is 1. The molecule has 1 fully saturated rings. The minimum Gasteiger partial charge on any atom is -0.467 e. The molecule has 146 valence electrons. The van der Waals surface area contributed by atoms with E-state index in [9.17, 15) is 13.2 Å². The minimum atomic E-state index is -3.20. The highest BCUT2D eigenvalue weighted by Gasteiger charge is 2.33. The van der Waals surface area contributed by atoms with E-state index in [0.29, 0.717) is 32.5 Å². The fourth-order valence-corrected chi connectivity index (χ4v) is 4.50. The summed E-state index contributed by atoms with van der Waals surface area (Å²) in [5.41, 5.74) is 1.95. The maximum absolute atomic E-state index is 13.3. The first-order valence-electron chi connectivity index (χ1n) is 9.29. The molecule has 2 heterocycles. The smallest absolute Gasteiger partial charge is 0.230 e. The Hall–Kier alpha value is -2.12. The van der Waals surface area contributed by atoms with Crippen molar-refractivity contribution in [1.82, 2.24) is 4.31 Å². The van der Waals surface area contributed by atoms with Gasteiger partial charge < -0.3 is 9.32 Å². The first-order valence-corrected chi connectivity index (χ1v) is 10.9. The minimum absolute atomic E-state index is 0.0174. The second-order valence-electron chi connectivity index (χ2n) is 6.91. The molecule has 0 unspecified atom stereocenters. The van der Waals surface area contributed by atoms with Gasteiger partial charge in [-0.2, -0.15) is 0 Å². The molecule has 1 aliphatic heterocycles. The molecule has 1 aliphatic rings. The van der Waals surface area contributed by atoms with Crippen molar-refractivity contribution < 1.29 is 17.6 Å². The van der Waals surface area contributed by atoms with Crippen LogP contribution in [0.15, 0.2) is 47.1 Å². The van der Waals surface area contributed by atoms with E-state index in [4.69, 9.17) is 4.42 Å². The molecule has 6 nitrogen and oxygen atoms in total. The highest BCUT2D eigenvalue weighted by Crippen LogP contribution is 2.26. The molecule has 0 radical (unpaired) electrons. The Morgan fingerprint density at radius 1 is 1.19 bits per heavy atom. The summed E-state index contributed by atoms with van der Waals surface area (Å²) in [7, 11) is -3.20. The van der Waals surface area contributed by atoms with Crippen LogP contribution in [0.25, 0.3) is 0 Å². The summed E-state index contributed by atoms with van der Waals surface area (Å²) >= 11 is 0. The van der Waals surface area contributed by atoms with Crippen molar-refractivity contribution in [2.75, 3.05) is 23.7 Å². The Morgan fingerprint density at radius 3 is 2.41 bits per heavy atom. The molecule has 7 heteroatoms. The number of hydrogen-bond donors (Lipinski definition) is 0. The number of aryl methyl sites for hydroxylation is 1. The van der Waals surface area contributed by atoms with E-state index in [1.54, 1.807) is 24.2 Å². The number of carbonyl (C=O) groups is 1. The van der Waals surface area contributed by atoms with Crippen LogP contribution in [0.5, 0.6) is 0 Å². The third-order valence-electron chi connectivity index (χ3n) is 5.07. The summed E-state index contributed by atoms with van der Waals surface area (Å²) in [5, 5.41) is 0. The Balaban J connectivity index is 1.76. The molecule has 0 bridgehead atoms. The van der Waals surface area contributed by atoms with Gasteiger partial charge in [0.05, 0.1) is 18.6 Å². The monoisotopic (exact) mass is 390 g/mol. The average Bonchev–Trinajstić information content (AvgIpc) is 3.20. The molecule has 0 spiro atoms. The van der Waals surface area contributed by atoms with Gasteiger partial charge in [-0.15, -0.1) is 0 Å². The van der Waals surface area contributed by atoms with Gasteiger partial charge in [-0.05, 0) is 51.0 Å². The van der Waals surface area contributed by atoms with E-state index < -0.39 is 10.0 Å². The number of sulfonamides is 1. The first-order chi connectivity index (χ1) is 12.9. The molecule has 3 rings (SSSR count). The van der Waals surface area contributed by atoms with Gasteiger partial charge in [-0.1, -0.05) is 17.7 Å². The summed E-state index contributed by atoms with van der Waals surface area (Å²) in [4.78, 5) is 15.0. The Labute approximate surface area is 160 Å². The van der Waals surface area contributed by atoms with Gasteiger partial charge >= 0.3 is 0 Å². The van der Waals surface area contributed by atoms with Crippen molar-refractivity contribution in [3.8, 4) is 0 Å². The Bertz CT molecular complexity index is 852. The quantitative estimate of drug-likeness (QED) is 0.759. The van der Waals surface area contributed by atoms with Crippen LogP contribution in [0, 0.1) is 12.8 Å². The largest absolute Gasteiger partial charge is 0.467 e. The van der Waals surface area contributed by atoms with Crippen LogP contribution in [-0.2, 0) is 21.4 Å². The molecule has 1 saturated heterocycles. The third-order valence-corrected chi connectivity index (χ3v) is 6.95. The van der Waals surface area contributed by atoms with Crippen molar-refractivity contribution in [2.45, 2.75) is 33.2 Å². The standard InChI is InChI=1S/C20H26N2O4S/c1-3-27(24,25)21-12-10-17(11-13-21)20(23)22(15-19-5-4-14-26-19)18-8-6-16(2)7-9-18/h4-9,14,17H,3,10-13,15H2,1-2H3.